The van der Waals surface area contributed by atoms with Crippen molar-refractivity contribution in [1.29, 1.82) is 0 Å². The van der Waals surface area contributed by atoms with Gasteiger partial charge in [-0.15, -0.1) is 0 Å². The molecule has 1 aliphatic rings. The predicted molar refractivity (Wildman–Crippen MR) is 72.6 cm³/mol. The van der Waals surface area contributed by atoms with Crippen LogP contribution in [-0.2, 0) is 14.2 Å². The Kier molecular flexibility index (Phi) is 3.81. The van der Waals surface area contributed by atoms with Gasteiger partial charge < -0.3 is 14.2 Å². The monoisotopic (exact) mass is 291 g/mol. The molecule has 5 nitrogen and oxygen atoms in total. The average Bonchev–Trinajstić information content (AvgIpc) is 2.53. The van der Waals surface area contributed by atoms with E-state index in [-0.39, 0.29) is 18.9 Å². The van der Waals surface area contributed by atoms with Crippen molar-refractivity contribution in [3.8, 4) is 0 Å². The van der Waals surface area contributed by atoms with Crippen LogP contribution in [0.5, 0.6) is 0 Å². The van der Waals surface area contributed by atoms with Gasteiger partial charge in [0.1, 0.15) is 18.4 Å². The molecule has 0 amide bonds. The largest absolute Gasteiger partial charge is 0.464 e. The second-order valence-corrected chi connectivity index (χ2v) is 4.68. The Hall–Kier alpha value is -2.05. The van der Waals surface area contributed by atoms with E-state index in [1.165, 1.54) is 7.11 Å². The molecule has 21 heavy (non-hydrogen) atoms. The number of aromatic nitrogens is 1. The number of carbonyl (C=O) groups excluding carboxylic acids is 1. The minimum Gasteiger partial charge on any atom is -0.464 e. The van der Waals surface area contributed by atoms with Crippen LogP contribution in [-0.4, -0.2) is 37.6 Å². The summed E-state index contributed by atoms with van der Waals surface area (Å²) in [7, 11) is 1.29. The van der Waals surface area contributed by atoms with E-state index in [9.17, 15) is 9.18 Å². The second-order valence-electron chi connectivity index (χ2n) is 4.68. The third-order valence-corrected chi connectivity index (χ3v) is 3.32. The lowest BCUT2D eigenvalue weighted by atomic mass is 10.0. The van der Waals surface area contributed by atoms with E-state index in [0.717, 1.165) is 5.39 Å². The predicted octanol–water partition coefficient (Wildman–Crippen LogP) is 2.40. The number of nitrogens with zero attached hydrogens (tertiary/aromatic N) is 1. The van der Waals surface area contributed by atoms with Crippen LogP contribution in [0.2, 0.25) is 0 Å². The maximum atomic E-state index is 13.4. The van der Waals surface area contributed by atoms with Gasteiger partial charge in [-0.3, -0.25) is 0 Å². The molecule has 2 aromatic rings. The van der Waals surface area contributed by atoms with E-state index in [1.54, 1.807) is 12.1 Å². The minimum absolute atomic E-state index is 0.0800. The van der Waals surface area contributed by atoms with Crippen molar-refractivity contribution in [3.63, 3.8) is 0 Å². The minimum atomic E-state index is -1.47. The maximum absolute atomic E-state index is 13.4. The van der Waals surface area contributed by atoms with E-state index in [2.05, 4.69) is 4.98 Å². The standard InChI is InChI=1S/C15H14FNO4/c1-19-15(18)12-6-10(13-7-20-8-14(16)21-13)9-4-2-3-5-11(9)17-12/h2-6,13-14H,7-8H2,1H3. The molecule has 1 saturated heterocycles. The number of carbonyl (C=O) groups is 1. The quantitative estimate of drug-likeness (QED) is 0.795. The molecule has 0 aliphatic carbocycles. The van der Waals surface area contributed by atoms with Gasteiger partial charge in [0.25, 0.3) is 0 Å². The van der Waals surface area contributed by atoms with Gasteiger partial charge in [0.15, 0.2) is 0 Å². The highest BCUT2D eigenvalue weighted by molar-refractivity contribution is 5.92. The summed E-state index contributed by atoms with van der Waals surface area (Å²) in [5.41, 5.74) is 1.46. The fourth-order valence-corrected chi connectivity index (χ4v) is 2.37. The number of benzene rings is 1. The number of pyridine rings is 1. The van der Waals surface area contributed by atoms with Crippen molar-refractivity contribution in [2.75, 3.05) is 20.3 Å². The number of alkyl halides is 1. The summed E-state index contributed by atoms with van der Waals surface area (Å²) in [6, 6.07) is 8.87. The lowest BCUT2D eigenvalue weighted by Crippen LogP contribution is -2.28. The Labute approximate surface area is 120 Å². The molecular weight excluding hydrogens is 277 g/mol. The average molecular weight is 291 g/mol. The number of ether oxygens (including phenoxy) is 3. The molecule has 2 unspecified atom stereocenters. The Morgan fingerprint density at radius 1 is 1.38 bits per heavy atom. The van der Waals surface area contributed by atoms with Gasteiger partial charge in [0.05, 0.1) is 19.2 Å². The summed E-state index contributed by atoms with van der Waals surface area (Å²) in [4.78, 5) is 16.0. The number of halogens is 1. The highest BCUT2D eigenvalue weighted by Crippen LogP contribution is 2.30. The molecule has 2 atom stereocenters. The van der Waals surface area contributed by atoms with E-state index < -0.39 is 18.4 Å². The van der Waals surface area contributed by atoms with Gasteiger partial charge in [-0.1, -0.05) is 18.2 Å². The first-order valence-electron chi connectivity index (χ1n) is 6.54. The van der Waals surface area contributed by atoms with Crippen LogP contribution in [0, 0.1) is 0 Å². The third-order valence-electron chi connectivity index (χ3n) is 3.32. The third kappa shape index (κ3) is 2.72. The first kappa shape index (κ1) is 13.9. The summed E-state index contributed by atoms with van der Waals surface area (Å²) < 4.78 is 28.6. The number of hydrogen-bond acceptors (Lipinski definition) is 5. The van der Waals surface area contributed by atoms with Crippen LogP contribution in [0.15, 0.2) is 30.3 Å². The van der Waals surface area contributed by atoms with Crippen molar-refractivity contribution in [2.24, 2.45) is 0 Å². The topological polar surface area (TPSA) is 57.7 Å². The molecule has 0 N–H and O–H groups in total. The number of para-hydroxylation sites is 1. The van der Waals surface area contributed by atoms with Gasteiger partial charge in [0, 0.05) is 5.39 Å². The van der Waals surface area contributed by atoms with Crippen LogP contribution >= 0.6 is 0 Å². The maximum Gasteiger partial charge on any atom is 0.356 e. The number of rotatable bonds is 2. The Morgan fingerprint density at radius 2 is 2.19 bits per heavy atom. The zero-order chi connectivity index (χ0) is 14.8. The number of methoxy groups -OCH3 is 1. The van der Waals surface area contributed by atoms with Crippen LogP contribution in [0.25, 0.3) is 10.9 Å². The van der Waals surface area contributed by atoms with Crippen molar-refractivity contribution in [2.45, 2.75) is 12.5 Å². The van der Waals surface area contributed by atoms with Crippen molar-refractivity contribution in [1.82, 2.24) is 4.98 Å². The fourth-order valence-electron chi connectivity index (χ4n) is 2.37. The number of esters is 1. The molecule has 0 saturated carbocycles. The SMILES string of the molecule is COC(=O)c1cc(C2COCC(F)O2)c2ccccc2n1. The molecule has 1 aliphatic heterocycles. The lowest BCUT2D eigenvalue weighted by Gasteiger charge is -2.27. The Morgan fingerprint density at radius 3 is 2.95 bits per heavy atom. The molecule has 1 aromatic heterocycles. The van der Waals surface area contributed by atoms with Crippen LogP contribution in [0.3, 0.4) is 0 Å². The first-order valence-corrected chi connectivity index (χ1v) is 6.54. The first-order chi connectivity index (χ1) is 10.2. The Bertz CT molecular complexity index is 676. The lowest BCUT2D eigenvalue weighted by molar-refractivity contribution is -0.188. The van der Waals surface area contributed by atoms with Crippen LogP contribution in [0.4, 0.5) is 4.39 Å². The molecule has 0 spiro atoms. The van der Waals surface area contributed by atoms with Gasteiger partial charge >= 0.3 is 5.97 Å². The summed E-state index contributed by atoms with van der Waals surface area (Å²) in [6.45, 7) is 0.151. The van der Waals surface area contributed by atoms with E-state index >= 15 is 0 Å². The number of fused-ring (bicyclic) bond motifs is 1. The smallest absolute Gasteiger partial charge is 0.356 e. The number of hydrogen-bond donors (Lipinski definition) is 0. The van der Waals surface area contributed by atoms with Gasteiger partial charge in [-0.25, -0.2) is 14.2 Å². The molecule has 1 fully saturated rings. The summed E-state index contributed by atoms with van der Waals surface area (Å²) in [6.07, 6.45) is -2.05. The van der Waals surface area contributed by atoms with Crippen molar-refractivity contribution in [3.05, 3.63) is 41.6 Å². The molecule has 110 valence electrons. The van der Waals surface area contributed by atoms with Crippen molar-refractivity contribution >= 4 is 16.9 Å². The van der Waals surface area contributed by atoms with Gasteiger partial charge in [0.2, 0.25) is 6.36 Å². The van der Waals surface area contributed by atoms with Crippen LogP contribution < -0.4 is 0 Å². The van der Waals surface area contributed by atoms with Crippen LogP contribution in [0.1, 0.15) is 22.2 Å². The molecular formula is C15H14FNO4. The second kappa shape index (κ2) is 5.75. The zero-order valence-corrected chi connectivity index (χ0v) is 11.4. The molecule has 6 heteroatoms. The highest BCUT2D eigenvalue weighted by atomic mass is 19.1. The molecule has 0 radical (unpaired) electrons. The highest BCUT2D eigenvalue weighted by Gasteiger charge is 2.26. The molecule has 2 heterocycles. The molecule has 3 rings (SSSR count). The summed E-state index contributed by atoms with van der Waals surface area (Å²) in [5, 5.41) is 0.799. The normalized spacial score (nSPS) is 22.2. The van der Waals surface area contributed by atoms with E-state index in [0.29, 0.717) is 11.1 Å². The summed E-state index contributed by atoms with van der Waals surface area (Å²) in [5.74, 6) is -0.546. The van der Waals surface area contributed by atoms with Gasteiger partial charge in [-0.05, 0) is 17.7 Å². The Balaban J connectivity index is 2.12. The van der Waals surface area contributed by atoms with E-state index in [1.807, 2.05) is 18.2 Å². The zero-order valence-electron chi connectivity index (χ0n) is 11.4. The van der Waals surface area contributed by atoms with Crippen molar-refractivity contribution < 1.29 is 23.4 Å². The fraction of sp³-hybridized carbons (Fsp3) is 0.333. The van der Waals surface area contributed by atoms with Gasteiger partial charge in [-0.2, -0.15) is 0 Å². The summed E-state index contributed by atoms with van der Waals surface area (Å²) >= 11 is 0. The molecule has 1 aromatic carbocycles. The molecule has 0 bridgehead atoms. The van der Waals surface area contributed by atoms with E-state index in [4.69, 9.17) is 14.2 Å².